The number of hydrogen-bond acceptors (Lipinski definition) is 2. The van der Waals surface area contributed by atoms with Gasteiger partial charge in [-0.3, -0.25) is 9.97 Å². The van der Waals surface area contributed by atoms with Crippen LogP contribution in [0.4, 0.5) is 0 Å². The molecule has 13 heavy (non-hydrogen) atoms. The molecule has 2 heterocycles. The van der Waals surface area contributed by atoms with Gasteiger partial charge in [-0.05, 0) is 30.7 Å². The van der Waals surface area contributed by atoms with Crippen LogP contribution in [0.25, 0.3) is 11.3 Å². The summed E-state index contributed by atoms with van der Waals surface area (Å²) in [6.07, 6.45) is 5.43. The highest BCUT2D eigenvalue weighted by atomic mass is 14.7. The third kappa shape index (κ3) is 1.56. The molecule has 0 spiro atoms. The number of nitrogens with zero attached hydrogens (tertiary/aromatic N) is 2. The van der Waals surface area contributed by atoms with Crippen LogP contribution in [-0.4, -0.2) is 9.97 Å². The van der Waals surface area contributed by atoms with Crippen LogP contribution in [0.5, 0.6) is 0 Å². The summed E-state index contributed by atoms with van der Waals surface area (Å²) >= 11 is 0. The standard InChI is InChI=1S/C11H10N2/c1-9-5-7-12-8-10(9)11-4-2-3-6-13-11/h2-8H,1H3. The van der Waals surface area contributed by atoms with E-state index in [2.05, 4.69) is 16.9 Å². The maximum absolute atomic E-state index is 4.27. The molecule has 2 heteroatoms. The summed E-state index contributed by atoms with van der Waals surface area (Å²) in [4.78, 5) is 8.35. The quantitative estimate of drug-likeness (QED) is 0.657. The Morgan fingerprint density at radius 1 is 1.08 bits per heavy atom. The molecule has 0 amide bonds. The van der Waals surface area contributed by atoms with Gasteiger partial charge in [0.15, 0.2) is 0 Å². The van der Waals surface area contributed by atoms with Crippen LogP contribution < -0.4 is 0 Å². The van der Waals surface area contributed by atoms with Crippen molar-refractivity contribution in [3.63, 3.8) is 0 Å². The van der Waals surface area contributed by atoms with Gasteiger partial charge in [0.1, 0.15) is 0 Å². The first kappa shape index (κ1) is 7.92. The Morgan fingerprint density at radius 3 is 2.69 bits per heavy atom. The number of hydrogen-bond donors (Lipinski definition) is 0. The van der Waals surface area contributed by atoms with Gasteiger partial charge in [0.2, 0.25) is 0 Å². The average molecular weight is 170 g/mol. The van der Waals surface area contributed by atoms with E-state index in [0.29, 0.717) is 0 Å². The van der Waals surface area contributed by atoms with Gasteiger partial charge in [-0.1, -0.05) is 6.07 Å². The maximum atomic E-state index is 4.27. The third-order valence-corrected chi connectivity index (χ3v) is 1.98. The van der Waals surface area contributed by atoms with Gasteiger partial charge in [0.25, 0.3) is 0 Å². The van der Waals surface area contributed by atoms with E-state index in [1.807, 2.05) is 30.5 Å². The second-order valence-electron chi connectivity index (χ2n) is 2.91. The van der Waals surface area contributed by atoms with Crippen molar-refractivity contribution in [3.8, 4) is 11.3 Å². The fourth-order valence-electron chi connectivity index (χ4n) is 1.25. The van der Waals surface area contributed by atoms with Gasteiger partial charge in [-0.25, -0.2) is 0 Å². The molecule has 2 rings (SSSR count). The first-order valence-electron chi connectivity index (χ1n) is 4.20. The normalized spacial score (nSPS) is 9.92. The lowest BCUT2D eigenvalue weighted by molar-refractivity contribution is 1.25. The van der Waals surface area contributed by atoms with E-state index < -0.39 is 0 Å². The monoisotopic (exact) mass is 170 g/mol. The zero-order chi connectivity index (χ0) is 9.10. The summed E-state index contributed by atoms with van der Waals surface area (Å²) in [7, 11) is 0. The third-order valence-electron chi connectivity index (χ3n) is 1.98. The second-order valence-corrected chi connectivity index (χ2v) is 2.91. The van der Waals surface area contributed by atoms with E-state index in [1.165, 1.54) is 5.56 Å². The number of pyridine rings is 2. The lowest BCUT2D eigenvalue weighted by atomic mass is 10.1. The number of rotatable bonds is 1. The van der Waals surface area contributed by atoms with Gasteiger partial charge in [-0.15, -0.1) is 0 Å². The van der Waals surface area contributed by atoms with Gasteiger partial charge in [-0.2, -0.15) is 0 Å². The van der Waals surface area contributed by atoms with E-state index >= 15 is 0 Å². The summed E-state index contributed by atoms with van der Waals surface area (Å²) in [6, 6.07) is 7.87. The summed E-state index contributed by atoms with van der Waals surface area (Å²) in [6.45, 7) is 2.06. The predicted molar refractivity (Wildman–Crippen MR) is 52.2 cm³/mol. The zero-order valence-corrected chi connectivity index (χ0v) is 7.44. The Morgan fingerprint density at radius 2 is 2.00 bits per heavy atom. The van der Waals surface area contributed by atoms with E-state index in [-0.39, 0.29) is 0 Å². The molecule has 64 valence electrons. The topological polar surface area (TPSA) is 25.8 Å². The molecule has 0 N–H and O–H groups in total. The Hall–Kier alpha value is -1.70. The molecule has 0 saturated heterocycles. The van der Waals surface area contributed by atoms with Gasteiger partial charge in [0.05, 0.1) is 5.69 Å². The molecule has 0 aliphatic carbocycles. The molecule has 2 aromatic heterocycles. The fourth-order valence-corrected chi connectivity index (χ4v) is 1.25. The molecule has 0 saturated carbocycles. The minimum absolute atomic E-state index is 0.980. The smallest absolute Gasteiger partial charge is 0.0720 e. The van der Waals surface area contributed by atoms with Crippen LogP contribution in [0, 0.1) is 6.92 Å². The van der Waals surface area contributed by atoms with Crippen LogP contribution in [0.1, 0.15) is 5.56 Å². The molecule has 2 aromatic rings. The van der Waals surface area contributed by atoms with E-state index in [4.69, 9.17) is 0 Å². The average Bonchev–Trinajstić information content (AvgIpc) is 2.20. The van der Waals surface area contributed by atoms with Crippen molar-refractivity contribution < 1.29 is 0 Å². The molecule has 0 radical (unpaired) electrons. The lowest BCUT2D eigenvalue weighted by Crippen LogP contribution is -1.86. The molecule has 0 aliphatic heterocycles. The Balaban J connectivity index is 2.54. The molecule has 0 fully saturated rings. The van der Waals surface area contributed by atoms with Crippen molar-refractivity contribution in [3.05, 3.63) is 48.4 Å². The molecule has 0 unspecified atom stereocenters. The van der Waals surface area contributed by atoms with Crippen LogP contribution >= 0.6 is 0 Å². The van der Waals surface area contributed by atoms with Crippen LogP contribution in [-0.2, 0) is 0 Å². The van der Waals surface area contributed by atoms with Gasteiger partial charge in [0, 0.05) is 24.2 Å². The first-order valence-corrected chi connectivity index (χ1v) is 4.20. The minimum Gasteiger partial charge on any atom is -0.264 e. The van der Waals surface area contributed by atoms with Crippen LogP contribution in [0.3, 0.4) is 0 Å². The SMILES string of the molecule is Cc1ccncc1-c1ccccn1. The predicted octanol–water partition coefficient (Wildman–Crippen LogP) is 2.45. The molecule has 0 aromatic carbocycles. The summed E-state index contributed by atoms with van der Waals surface area (Å²) in [5, 5.41) is 0. The first-order chi connectivity index (χ1) is 6.38. The van der Waals surface area contributed by atoms with Crippen molar-refractivity contribution in [1.82, 2.24) is 9.97 Å². The number of aryl methyl sites for hydroxylation is 1. The Kier molecular flexibility index (Phi) is 2.04. The van der Waals surface area contributed by atoms with E-state index in [1.54, 1.807) is 12.4 Å². The fraction of sp³-hybridized carbons (Fsp3) is 0.0909. The highest BCUT2D eigenvalue weighted by Crippen LogP contribution is 2.18. The van der Waals surface area contributed by atoms with Crippen molar-refractivity contribution in [2.24, 2.45) is 0 Å². The highest BCUT2D eigenvalue weighted by molar-refractivity contribution is 5.61. The van der Waals surface area contributed by atoms with Gasteiger partial charge < -0.3 is 0 Å². The second kappa shape index (κ2) is 3.35. The molecule has 0 aliphatic rings. The molecule has 0 atom stereocenters. The number of aromatic nitrogens is 2. The summed E-state index contributed by atoms with van der Waals surface area (Å²) < 4.78 is 0. The minimum atomic E-state index is 0.980. The zero-order valence-electron chi connectivity index (χ0n) is 7.44. The summed E-state index contributed by atoms with van der Waals surface area (Å²) in [5.41, 5.74) is 3.28. The Bertz CT molecular complexity index is 396. The Labute approximate surface area is 77.3 Å². The molecular formula is C11H10N2. The molecular weight excluding hydrogens is 160 g/mol. The van der Waals surface area contributed by atoms with Crippen LogP contribution in [0.15, 0.2) is 42.9 Å². The van der Waals surface area contributed by atoms with E-state index in [0.717, 1.165) is 11.3 Å². The van der Waals surface area contributed by atoms with Crippen molar-refractivity contribution >= 4 is 0 Å². The highest BCUT2D eigenvalue weighted by Gasteiger charge is 2.00. The van der Waals surface area contributed by atoms with E-state index in [9.17, 15) is 0 Å². The maximum Gasteiger partial charge on any atom is 0.0720 e. The van der Waals surface area contributed by atoms with Crippen molar-refractivity contribution in [2.75, 3.05) is 0 Å². The molecule has 0 bridgehead atoms. The van der Waals surface area contributed by atoms with Crippen molar-refractivity contribution in [2.45, 2.75) is 6.92 Å². The van der Waals surface area contributed by atoms with Gasteiger partial charge >= 0.3 is 0 Å². The molecule has 2 nitrogen and oxygen atoms in total. The lowest BCUT2D eigenvalue weighted by Gasteiger charge is -2.02. The van der Waals surface area contributed by atoms with Crippen LogP contribution in [0.2, 0.25) is 0 Å². The van der Waals surface area contributed by atoms with Crippen molar-refractivity contribution in [1.29, 1.82) is 0 Å². The largest absolute Gasteiger partial charge is 0.264 e. The summed E-state index contributed by atoms with van der Waals surface area (Å²) in [5.74, 6) is 0.